The molecule has 2 N–H and O–H groups in total. The molecule has 90 valence electrons. The van der Waals surface area contributed by atoms with Gasteiger partial charge >= 0.3 is 6.18 Å². The normalized spacial score (nSPS) is 26.6. The number of halogens is 3. The van der Waals surface area contributed by atoms with E-state index in [9.17, 15) is 13.2 Å². The van der Waals surface area contributed by atoms with E-state index in [-0.39, 0.29) is 19.0 Å². The molecule has 0 amide bonds. The van der Waals surface area contributed by atoms with Crippen LogP contribution < -0.4 is 5.73 Å². The molecule has 0 aromatic rings. The van der Waals surface area contributed by atoms with E-state index in [1.807, 2.05) is 11.8 Å². The molecule has 1 saturated heterocycles. The van der Waals surface area contributed by atoms with Gasteiger partial charge in [-0.2, -0.15) is 13.2 Å². The Kier molecular flexibility index (Phi) is 4.40. The predicted molar refractivity (Wildman–Crippen MR) is 53.5 cm³/mol. The van der Waals surface area contributed by atoms with Crippen LogP contribution in [0.2, 0.25) is 0 Å². The van der Waals surface area contributed by atoms with Crippen LogP contribution >= 0.6 is 0 Å². The first-order chi connectivity index (χ1) is 6.99. The molecule has 1 rings (SSSR count). The highest BCUT2D eigenvalue weighted by Gasteiger charge is 2.42. The van der Waals surface area contributed by atoms with Crippen molar-refractivity contribution in [3.8, 4) is 0 Å². The summed E-state index contributed by atoms with van der Waals surface area (Å²) in [6.45, 7) is 3.29. The minimum absolute atomic E-state index is 0.107. The van der Waals surface area contributed by atoms with E-state index in [4.69, 9.17) is 5.73 Å². The number of nitrogens with zero attached hydrogens (tertiary/aromatic N) is 1. The number of piperidine rings is 1. The van der Waals surface area contributed by atoms with E-state index in [0.717, 1.165) is 13.0 Å². The second-order valence-corrected chi connectivity index (χ2v) is 4.17. The fourth-order valence-corrected chi connectivity index (χ4v) is 2.18. The molecule has 0 aromatic carbocycles. The number of hydrogen-bond acceptors (Lipinski definition) is 2. The molecular weight excluding hydrogens is 205 g/mol. The molecule has 1 heterocycles. The fourth-order valence-electron chi connectivity index (χ4n) is 2.18. The van der Waals surface area contributed by atoms with E-state index < -0.39 is 12.1 Å². The van der Waals surface area contributed by atoms with Crippen molar-refractivity contribution < 1.29 is 13.2 Å². The minimum atomic E-state index is -4.05. The second kappa shape index (κ2) is 5.16. The SMILES string of the molecule is CCC(CN)N1CCCC(C(F)(F)F)C1. The van der Waals surface area contributed by atoms with Gasteiger partial charge in [0.1, 0.15) is 0 Å². The summed E-state index contributed by atoms with van der Waals surface area (Å²) >= 11 is 0. The van der Waals surface area contributed by atoms with Crippen molar-refractivity contribution >= 4 is 0 Å². The summed E-state index contributed by atoms with van der Waals surface area (Å²) in [6.07, 6.45) is -2.34. The summed E-state index contributed by atoms with van der Waals surface area (Å²) in [6, 6.07) is 0.107. The Balaban J connectivity index is 2.55. The predicted octanol–water partition coefficient (Wildman–Crippen LogP) is 2.00. The van der Waals surface area contributed by atoms with Crippen molar-refractivity contribution in [3.05, 3.63) is 0 Å². The molecule has 15 heavy (non-hydrogen) atoms. The molecule has 1 aliphatic heterocycles. The zero-order valence-electron chi connectivity index (χ0n) is 9.06. The van der Waals surface area contributed by atoms with Crippen LogP contribution in [0.1, 0.15) is 26.2 Å². The van der Waals surface area contributed by atoms with Gasteiger partial charge in [-0.1, -0.05) is 6.92 Å². The van der Waals surface area contributed by atoms with Crippen LogP contribution in [0.3, 0.4) is 0 Å². The lowest BCUT2D eigenvalue weighted by Crippen LogP contribution is -2.48. The van der Waals surface area contributed by atoms with E-state index in [1.165, 1.54) is 0 Å². The van der Waals surface area contributed by atoms with Crippen molar-refractivity contribution in [1.82, 2.24) is 4.90 Å². The maximum absolute atomic E-state index is 12.5. The molecule has 0 radical (unpaired) electrons. The van der Waals surface area contributed by atoms with Gasteiger partial charge in [-0.15, -0.1) is 0 Å². The molecule has 0 bridgehead atoms. The molecule has 0 aliphatic carbocycles. The van der Waals surface area contributed by atoms with Crippen molar-refractivity contribution in [2.24, 2.45) is 11.7 Å². The number of likely N-dealkylation sites (tertiary alicyclic amines) is 1. The van der Waals surface area contributed by atoms with Crippen LogP contribution in [0, 0.1) is 5.92 Å². The van der Waals surface area contributed by atoms with Gasteiger partial charge in [0.2, 0.25) is 0 Å². The standard InChI is InChI=1S/C10H19F3N2/c1-2-9(6-14)15-5-3-4-8(7-15)10(11,12)13/h8-9H,2-7,14H2,1H3. The zero-order chi connectivity index (χ0) is 11.5. The quantitative estimate of drug-likeness (QED) is 0.794. The van der Waals surface area contributed by atoms with Crippen LogP contribution in [-0.4, -0.2) is 36.8 Å². The molecular formula is C10H19F3N2. The van der Waals surface area contributed by atoms with Gasteiger partial charge < -0.3 is 5.73 Å². The van der Waals surface area contributed by atoms with E-state index in [2.05, 4.69) is 0 Å². The number of rotatable bonds is 3. The summed E-state index contributed by atoms with van der Waals surface area (Å²) in [5.74, 6) is -1.16. The first kappa shape index (κ1) is 12.8. The van der Waals surface area contributed by atoms with Crippen molar-refractivity contribution in [1.29, 1.82) is 0 Å². The molecule has 2 atom stereocenters. The topological polar surface area (TPSA) is 29.3 Å². The van der Waals surface area contributed by atoms with Crippen LogP contribution in [-0.2, 0) is 0 Å². The first-order valence-corrected chi connectivity index (χ1v) is 5.49. The average molecular weight is 224 g/mol. The Morgan fingerprint density at radius 1 is 1.47 bits per heavy atom. The maximum atomic E-state index is 12.5. The van der Waals surface area contributed by atoms with Gasteiger partial charge in [0, 0.05) is 19.1 Å². The highest BCUT2D eigenvalue weighted by Crippen LogP contribution is 2.33. The van der Waals surface area contributed by atoms with Crippen molar-refractivity contribution in [2.45, 2.75) is 38.4 Å². The Labute approximate surface area is 88.6 Å². The Morgan fingerprint density at radius 2 is 2.13 bits per heavy atom. The lowest BCUT2D eigenvalue weighted by Gasteiger charge is -2.38. The third-order valence-corrected chi connectivity index (χ3v) is 3.18. The van der Waals surface area contributed by atoms with Gasteiger partial charge in [0.15, 0.2) is 0 Å². The largest absolute Gasteiger partial charge is 0.393 e. The monoisotopic (exact) mass is 224 g/mol. The van der Waals surface area contributed by atoms with Crippen molar-refractivity contribution in [2.75, 3.05) is 19.6 Å². The fraction of sp³-hybridized carbons (Fsp3) is 1.00. The molecule has 0 aromatic heterocycles. The van der Waals surface area contributed by atoms with E-state index >= 15 is 0 Å². The molecule has 2 unspecified atom stereocenters. The Hall–Kier alpha value is -0.290. The van der Waals surface area contributed by atoms with Crippen LogP contribution in [0.25, 0.3) is 0 Å². The number of hydrogen-bond donors (Lipinski definition) is 1. The summed E-state index contributed by atoms with van der Waals surface area (Å²) in [4.78, 5) is 1.89. The smallest absolute Gasteiger partial charge is 0.329 e. The zero-order valence-corrected chi connectivity index (χ0v) is 9.06. The summed E-state index contributed by atoms with van der Waals surface area (Å²) in [5, 5.41) is 0. The Morgan fingerprint density at radius 3 is 2.60 bits per heavy atom. The molecule has 2 nitrogen and oxygen atoms in total. The highest BCUT2D eigenvalue weighted by atomic mass is 19.4. The third kappa shape index (κ3) is 3.34. The number of nitrogens with two attached hydrogens (primary N) is 1. The van der Waals surface area contributed by atoms with Crippen LogP contribution in [0.5, 0.6) is 0 Å². The number of alkyl halides is 3. The van der Waals surface area contributed by atoms with E-state index in [1.54, 1.807) is 0 Å². The molecule has 0 spiro atoms. The maximum Gasteiger partial charge on any atom is 0.393 e. The second-order valence-electron chi connectivity index (χ2n) is 4.17. The lowest BCUT2D eigenvalue weighted by atomic mass is 9.95. The molecule has 0 saturated carbocycles. The summed E-state index contributed by atoms with van der Waals surface area (Å²) in [5.41, 5.74) is 5.55. The highest BCUT2D eigenvalue weighted by molar-refractivity contribution is 4.82. The molecule has 5 heteroatoms. The molecule has 1 fully saturated rings. The van der Waals surface area contributed by atoms with Crippen molar-refractivity contribution in [3.63, 3.8) is 0 Å². The van der Waals surface area contributed by atoms with Gasteiger partial charge in [-0.05, 0) is 25.8 Å². The summed E-state index contributed by atoms with van der Waals surface area (Å²) < 4.78 is 37.6. The van der Waals surface area contributed by atoms with Gasteiger partial charge in [-0.3, -0.25) is 4.90 Å². The summed E-state index contributed by atoms with van der Waals surface area (Å²) in [7, 11) is 0. The van der Waals surface area contributed by atoms with Gasteiger partial charge in [-0.25, -0.2) is 0 Å². The van der Waals surface area contributed by atoms with E-state index in [0.29, 0.717) is 13.0 Å². The minimum Gasteiger partial charge on any atom is -0.329 e. The van der Waals surface area contributed by atoms with Gasteiger partial charge in [0.05, 0.1) is 5.92 Å². The third-order valence-electron chi connectivity index (χ3n) is 3.18. The lowest BCUT2D eigenvalue weighted by molar-refractivity contribution is -0.188. The Bertz CT molecular complexity index is 190. The van der Waals surface area contributed by atoms with Gasteiger partial charge in [0.25, 0.3) is 0 Å². The first-order valence-electron chi connectivity index (χ1n) is 5.49. The van der Waals surface area contributed by atoms with Crippen LogP contribution in [0.4, 0.5) is 13.2 Å². The van der Waals surface area contributed by atoms with Crippen LogP contribution in [0.15, 0.2) is 0 Å². The molecule has 1 aliphatic rings. The average Bonchev–Trinajstić information content (AvgIpc) is 2.19.